The van der Waals surface area contributed by atoms with Crippen molar-refractivity contribution in [3.8, 4) is 0 Å². The Labute approximate surface area is 201 Å². The van der Waals surface area contributed by atoms with E-state index in [2.05, 4.69) is 36.4 Å². The maximum Gasteiger partial charge on any atom is 0.338 e. The molecule has 2 atom stereocenters. The van der Waals surface area contributed by atoms with Gasteiger partial charge in [0.1, 0.15) is 0 Å². The molecular weight excluding hydrogens is 451 g/mol. The third-order valence-electron chi connectivity index (χ3n) is 5.58. The molecule has 0 aromatic heterocycles. The van der Waals surface area contributed by atoms with E-state index in [0.717, 1.165) is 23.1 Å². The van der Waals surface area contributed by atoms with E-state index in [1.165, 1.54) is 10.9 Å². The predicted octanol–water partition coefficient (Wildman–Crippen LogP) is 6.81. The third kappa shape index (κ3) is 7.20. The second-order valence-corrected chi connectivity index (χ2v) is 11.3. The summed E-state index contributed by atoms with van der Waals surface area (Å²) >= 11 is 1.59. The molecule has 0 spiro atoms. The quantitative estimate of drug-likeness (QED) is 0.152. The van der Waals surface area contributed by atoms with Crippen LogP contribution in [0.25, 0.3) is 10.8 Å². The van der Waals surface area contributed by atoms with E-state index in [9.17, 15) is 9.36 Å². The second kappa shape index (κ2) is 13.0. The van der Waals surface area contributed by atoms with Crippen LogP contribution in [0.4, 0.5) is 0 Å². The van der Waals surface area contributed by atoms with Gasteiger partial charge in [-0.3, -0.25) is 0 Å². The number of thioether (sulfide) groups is 1. The van der Waals surface area contributed by atoms with Gasteiger partial charge in [-0.15, -0.1) is 11.8 Å². The Balaban J connectivity index is 1.70. The number of hydrogen-bond donors (Lipinski definition) is 0. The summed E-state index contributed by atoms with van der Waals surface area (Å²) in [5.41, 5.74) is 0.520. The van der Waals surface area contributed by atoms with Gasteiger partial charge < -0.3 is 14.0 Å². The minimum absolute atomic E-state index is 0.205. The number of hydrogen-bond acceptors (Lipinski definition) is 5. The van der Waals surface area contributed by atoms with Crippen molar-refractivity contribution in [3.05, 3.63) is 78.4 Å². The van der Waals surface area contributed by atoms with Crippen molar-refractivity contribution >= 4 is 36.3 Å². The lowest BCUT2D eigenvalue weighted by Gasteiger charge is -2.31. The van der Waals surface area contributed by atoms with E-state index >= 15 is 0 Å². The van der Waals surface area contributed by atoms with Gasteiger partial charge in [-0.05, 0) is 55.5 Å². The summed E-state index contributed by atoms with van der Waals surface area (Å²) < 4.78 is 24.7. The van der Waals surface area contributed by atoms with Crippen LogP contribution in [0.5, 0.6) is 0 Å². The number of carbonyl (C=O) groups is 1. The van der Waals surface area contributed by atoms with E-state index in [1.54, 1.807) is 18.7 Å². The molecule has 0 aliphatic heterocycles. The molecule has 0 aliphatic rings. The summed E-state index contributed by atoms with van der Waals surface area (Å²) in [5, 5.41) is 2.32. The second-order valence-electron chi connectivity index (χ2n) is 7.97. The first kappa shape index (κ1) is 25.6. The van der Waals surface area contributed by atoms with Crippen molar-refractivity contribution in [3.63, 3.8) is 0 Å². The van der Waals surface area contributed by atoms with Crippen LogP contribution in [0.2, 0.25) is 0 Å². The zero-order valence-electron chi connectivity index (χ0n) is 19.4. The van der Waals surface area contributed by atoms with Crippen LogP contribution in [-0.2, 0) is 25.3 Å². The maximum atomic E-state index is 13.3. The average Bonchev–Trinajstić information content (AvgIpc) is 2.83. The maximum absolute atomic E-state index is 13.3. The Kier molecular flexibility index (Phi) is 10.1. The molecule has 33 heavy (non-hydrogen) atoms. The number of ether oxygens (including phenoxy) is 2. The number of fused-ring (bicyclic) bond motifs is 1. The molecule has 3 aromatic rings. The van der Waals surface area contributed by atoms with Crippen LogP contribution >= 0.6 is 19.6 Å². The van der Waals surface area contributed by atoms with E-state index in [4.69, 9.17) is 9.47 Å². The molecule has 0 N–H and O–H groups in total. The minimum atomic E-state index is -2.10. The fourth-order valence-electron chi connectivity index (χ4n) is 4.06. The molecule has 0 saturated carbocycles. The van der Waals surface area contributed by atoms with Gasteiger partial charge in [0, 0.05) is 23.2 Å². The SMILES string of the molecule is CCOC(=O)C(CCCc1ccccc1)(C[PH](=O)CSc1cccc2ccccc12)OCC. The summed E-state index contributed by atoms with van der Waals surface area (Å²) in [4.78, 5) is 14.1. The van der Waals surface area contributed by atoms with Gasteiger partial charge in [0.15, 0.2) is 5.60 Å². The molecule has 0 amide bonds. The van der Waals surface area contributed by atoms with E-state index in [-0.39, 0.29) is 12.8 Å². The Morgan fingerprint density at radius 2 is 1.67 bits per heavy atom. The third-order valence-corrected chi connectivity index (χ3v) is 9.08. The highest BCUT2D eigenvalue weighted by Gasteiger charge is 2.41. The average molecular weight is 485 g/mol. The van der Waals surface area contributed by atoms with Crippen LogP contribution in [0.15, 0.2) is 77.7 Å². The first-order valence-corrected chi connectivity index (χ1v) is 14.4. The molecule has 0 radical (unpaired) electrons. The summed E-state index contributed by atoms with van der Waals surface area (Å²) in [5.74, 6) is -0.395. The normalized spacial score (nSPS) is 14.0. The van der Waals surface area contributed by atoms with E-state index in [0.29, 0.717) is 18.5 Å². The lowest BCUT2D eigenvalue weighted by atomic mass is 9.96. The highest BCUT2D eigenvalue weighted by atomic mass is 32.2. The Morgan fingerprint density at radius 3 is 2.42 bits per heavy atom. The van der Waals surface area contributed by atoms with Crippen LogP contribution in [-0.4, -0.2) is 36.4 Å². The van der Waals surface area contributed by atoms with Crippen molar-refractivity contribution in [1.29, 1.82) is 0 Å². The van der Waals surface area contributed by atoms with Crippen LogP contribution in [0.1, 0.15) is 32.3 Å². The lowest BCUT2D eigenvalue weighted by molar-refractivity contribution is -0.170. The van der Waals surface area contributed by atoms with Gasteiger partial charge in [-0.2, -0.15) is 0 Å². The molecule has 0 heterocycles. The molecule has 176 valence electrons. The molecule has 0 bridgehead atoms. The van der Waals surface area contributed by atoms with Crippen LogP contribution in [0.3, 0.4) is 0 Å². The minimum Gasteiger partial charge on any atom is -0.464 e. The van der Waals surface area contributed by atoms with Gasteiger partial charge >= 0.3 is 5.97 Å². The topological polar surface area (TPSA) is 52.6 Å². The predicted molar refractivity (Wildman–Crippen MR) is 139 cm³/mol. The first-order valence-electron chi connectivity index (χ1n) is 11.6. The highest BCUT2D eigenvalue weighted by Crippen LogP contribution is 2.39. The Bertz CT molecular complexity index is 1050. The molecule has 4 nitrogen and oxygen atoms in total. The van der Waals surface area contributed by atoms with Crippen molar-refractivity contribution in [1.82, 2.24) is 0 Å². The molecule has 0 fully saturated rings. The molecule has 3 rings (SSSR count). The van der Waals surface area contributed by atoms with Crippen LogP contribution in [0, 0.1) is 0 Å². The van der Waals surface area contributed by atoms with Gasteiger partial charge in [-0.1, -0.05) is 66.7 Å². The van der Waals surface area contributed by atoms with Crippen LogP contribution < -0.4 is 0 Å². The number of benzene rings is 3. The van der Waals surface area contributed by atoms with Gasteiger partial charge in [0.2, 0.25) is 0 Å². The van der Waals surface area contributed by atoms with Crippen molar-refractivity contribution < 1.29 is 18.8 Å². The summed E-state index contributed by atoms with van der Waals surface area (Å²) in [6.07, 6.45) is 2.29. The molecular formula is C27H33O4PS. The number of aryl methyl sites for hydroxylation is 1. The van der Waals surface area contributed by atoms with Gasteiger partial charge in [0.05, 0.1) is 14.4 Å². The number of rotatable bonds is 13. The van der Waals surface area contributed by atoms with Crippen molar-refractivity contribution in [2.45, 2.75) is 43.6 Å². The largest absolute Gasteiger partial charge is 0.464 e. The standard InChI is InChI=1S/C27H33O4PS/c1-3-30-26(28)27(31-4-2,19-11-14-22-12-6-5-7-13-22)20-32(29)21-33-25-18-10-16-23-15-8-9-17-24(23)25/h5-10,12-13,15-18,32H,3-4,11,14,19-21H2,1-2H3. The van der Waals surface area contributed by atoms with Crippen molar-refractivity contribution in [2.75, 3.05) is 24.9 Å². The smallest absolute Gasteiger partial charge is 0.338 e. The Hall–Kier alpha value is -2.07. The molecule has 6 heteroatoms. The number of esters is 1. The lowest BCUT2D eigenvalue weighted by Crippen LogP contribution is -2.46. The Morgan fingerprint density at radius 1 is 0.939 bits per heavy atom. The summed E-state index contributed by atoms with van der Waals surface area (Å²) in [6, 6.07) is 24.5. The zero-order valence-corrected chi connectivity index (χ0v) is 21.2. The highest BCUT2D eigenvalue weighted by molar-refractivity contribution is 8.04. The van der Waals surface area contributed by atoms with E-state index < -0.39 is 19.4 Å². The zero-order chi connectivity index (χ0) is 23.5. The van der Waals surface area contributed by atoms with Crippen molar-refractivity contribution in [2.24, 2.45) is 0 Å². The first-order chi connectivity index (χ1) is 16.1. The number of carbonyl (C=O) groups excluding carboxylic acids is 1. The molecule has 3 aromatic carbocycles. The molecule has 0 saturated heterocycles. The fraction of sp³-hybridized carbons (Fsp3) is 0.370. The van der Waals surface area contributed by atoms with Gasteiger partial charge in [-0.25, -0.2) is 4.79 Å². The van der Waals surface area contributed by atoms with E-state index in [1.807, 2.05) is 43.3 Å². The summed E-state index contributed by atoms with van der Waals surface area (Å²) in [7, 11) is -2.10. The fourth-order valence-corrected chi connectivity index (χ4v) is 7.31. The summed E-state index contributed by atoms with van der Waals surface area (Å²) in [6.45, 7) is 4.30. The molecule has 2 unspecified atom stereocenters. The molecule has 0 aliphatic carbocycles. The monoisotopic (exact) mass is 484 g/mol. The van der Waals surface area contributed by atoms with Gasteiger partial charge in [0.25, 0.3) is 0 Å².